The van der Waals surface area contributed by atoms with Crippen molar-refractivity contribution >= 4 is 18.3 Å². The van der Waals surface area contributed by atoms with Crippen molar-refractivity contribution in [2.45, 2.75) is 45.3 Å². The summed E-state index contributed by atoms with van der Waals surface area (Å²) < 4.78 is 1.85. The fourth-order valence-corrected chi connectivity index (χ4v) is 3.02. The summed E-state index contributed by atoms with van der Waals surface area (Å²) in [7, 11) is 1.88. The molecule has 1 saturated heterocycles. The lowest BCUT2D eigenvalue weighted by Crippen LogP contribution is -2.50. The number of rotatable bonds is 5. The van der Waals surface area contributed by atoms with Crippen molar-refractivity contribution in [3.05, 3.63) is 18.2 Å². The number of imidazole rings is 1. The molecule has 7 heteroatoms. The van der Waals surface area contributed by atoms with Gasteiger partial charge in [0.15, 0.2) is 0 Å². The Morgan fingerprint density at radius 2 is 2.09 bits per heavy atom. The van der Waals surface area contributed by atoms with Crippen molar-refractivity contribution in [1.82, 2.24) is 14.5 Å². The fourth-order valence-electron chi connectivity index (χ4n) is 3.02. The van der Waals surface area contributed by atoms with E-state index in [9.17, 15) is 9.90 Å². The number of nitrogens with zero attached hydrogens (tertiary/aromatic N) is 3. The van der Waals surface area contributed by atoms with E-state index in [1.54, 1.807) is 6.20 Å². The maximum Gasteiger partial charge on any atom is 0.239 e. The molecule has 0 saturated carbocycles. The van der Waals surface area contributed by atoms with E-state index >= 15 is 0 Å². The number of hydrogen-bond acceptors (Lipinski definition) is 4. The Balaban J connectivity index is 0.00000264. The highest BCUT2D eigenvalue weighted by Crippen LogP contribution is 2.30. The van der Waals surface area contributed by atoms with Gasteiger partial charge < -0.3 is 20.3 Å². The lowest BCUT2D eigenvalue weighted by molar-refractivity contribution is -0.135. The van der Waals surface area contributed by atoms with E-state index in [1.165, 1.54) is 0 Å². The van der Waals surface area contributed by atoms with E-state index in [0.717, 1.165) is 19.3 Å². The van der Waals surface area contributed by atoms with Gasteiger partial charge in [-0.25, -0.2) is 4.98 Å². The molecule has 3 atom stereocenters. The van der Waals surface area contributed by atoms with Gasteiger partial charge in [0.05, 0.1) is 6.04 Å². The normalized spacial score (nSPS) is 19.8. The Morgan fingerprint density at radius 3 is 2.57 bits per heavy atom. The molecular weight excluding hydrogens is 316 g/mol. The van der Waals surface area contributed by atoms with E-state index in [-0.39, 0.29) is 30.2 Å². The van der Waals surface area contributed by atoms with Crippen molar-refractivity contribution in [3.8, 4) is 0 Å². The van der Waals surface area contributed by atoms with Crippen molar-refractivity contribution in [2.75, 3.05) is 13.1 Å². The van der Waals surface area contributed by atoms with Gasteiger partial charge in [0.2, 0.25) is 5.91 Å². The molecular formula is C16H29ClN4O2. The number of aromatic nitrogens is 2. The van der Waals surface area contributed by atoms with Crippen LogP contribution in [0.2, 0.25) is 0 Å². The molecule has 1 fully saturated rings. The van der Waals surface area contributed by atoms with Crippen molar-refractivity contribution in [1.29, 1.82) is 0 Å². The molecule has 1 aromatic heterocycles. The zero-order chi connectivity index (χ0) is 16.3. The maximum atomic E-state index is 12.4. The monoisotopic (exact) mass is 344 g/mol. The molecule has 1 aromatic rings. The number of carbonyl (C=O) groups excluding carboxylic acids is 1. The second-order valence-electron chi connectivity index (χ2n) is 6.42. The number of aryl methyl sites for hydroxylation is 1. The van der Waals surface area contributed by atoms with Gasteiger partial charge in [-0.1, -0.05) is 20.3 Å². The number of carbonyl (C=O) groups is 1. The number of amides is 1. The van der Waals surface area contributed by atoms with Crippen LogP contribution in [0.3, 0.4) is 0 Å². The van der Waals surface area contributed by atoms with E-state index in [4.69, 9.17) is 5.73 Å². The molecule has 6 nitrogen and oxygen atoms in total. The van der Waals surface area contributed by atoms with Crippen LogP contribution in [0.4, 0.5) is 0 Å². The van der Waals surface area contributed by atoms with E-state index in [0.29, 0.717) is 18.9 Å². The second kappa shape index (κ2) is 8.66. The Bertz CT molecular complexity index is 500. The first-order valence-corrected chi connectivity index (χ1v) is 8.15. The van der Waals surface area contributed by atoms with Gasteiger partial charge in [-0.2, -0.15) is 0 Å². The van der Waals surface area contributed by atoms with Crippen LogP contribution in [0.15, 0.2) is 12.4 Å². The highest BCUT2D eigenvalue weighted by molar-refractivity contribution is 5.85. The molecule has 1 amide bonds. The van der Waals surface area contributed by atoms with Crippen LogP contribution in [0.5, 0.6) is 0 Å². The minimum absolute atomic E-state index is 0. The van der Waals surface area contributed by atoms with Gasteiger partial charge in [0.25, 0.3) is 0 Å². The first-order chi connectivity index (χ1) is 10.5. The SMILES string of the molecule is CCC(C)C(N)C(=O)N1CCC(C(O)c2nccn2C)CC1.Cl. The number of piperidine rings is 1. The summed E-state index contributed by atoms with van der Waals surface area (Å²) in [6.07, 6.45) is 5.44. The predicted octanol–water partition coefficient (Wildman–Crippen LogP) is 1.49. The van der Waals surface area contributed by atoms with Crippen LogP contribution in [0.1, 0.15) is 45.0 Å². The summed E-state index contributed by atoms with van der Waals surface area (Å²) in [5, 5.41) is 10.5. The lowest BCUT2D eigenvalue weighted by atomic mass is 9.89. The van der Waals surface area contributed by atoms with Gasteiger partial charge >= 0.3 is 0 Å². The topological polar surface area (TPSA) is 84.4 Å². The minimum atomic E-state index is -0.569. The summed E-state index contributed by atoms with van der Waals surface area (Å²) in [4.78, 5) is 18.4. The van der Waals surface area contributed by atoms with Crippen molar-refractivity contribution in [3.63, 3.8) is 0 Å². The zero-order valence-electron chi connectivity index (χ0n) is 14.2. The standard InChI is InChI=1S/C16H28N4O2.ClH/c1-4-11(2)13(17)16(22)20-8-5-12(6-9-20)14(21)15-18-7-10-19(15)3;/h7,10-14,21H,4-6,8-9,17H2,1-3H3;1H. The first-order valence-electron chi connectivity index (χ1n) is 8.15. The van der Waals surface area contributed by atoms with Crippen LogP contribution in [0, 0.1) is 11.8 Å². The van der Waals surface area contributed by atoms with Gasteiger partial charge in [-0.3, -0.25) is 4.79 Å². The third-order valence-corrected chi connectivity index (χ3v) is 4.96. The average Bonchev–Trinajstić information content (AvgIpc) is 2.98. The predicted molar refractivity (Wildman–Crippen MR) is 92.2 cm³/mol. The van der Waals surface area contributed by atoms with Crippen molar-refractivity contribution < 1.29 is 9.90 Å². The molecule has 0 aliphatic carbocycles. The highest BCUT2D eigenvalue weighted by Gasteiger charge is 2.32. The number of aliphatic hydroxyl groups excluding tert-OH is 1. The molecule has 2 rings (SSSR count). The third kappa shape index (κ3) is 4.46. The minimum Gasteiger partial charge on any atom is -0.385 e. The molecule has 23 heavy (non-hydrogen) atoms. The van der Waals surface area contributed by atoms with Crippen LogP contribution >= 0.6 is 12.4 Å². The molecule has 0 aromatic carbocycles. The fraction of sp³-hybridized carbons (Fsp3) is 0.750. The maximum absolute atomic E-state index is 12.4. The molecule has 3 N–H and O–H groups in total. The number of halogens is 1. The quantitative estimate of drug-likeness (QED) is 0.847. The van der Waals surface area contributed by atoms with Gasteiger partial charge in [0.1, 0.15) is 11.9 Å². The highest BCUT2D eigenvalue weighted by atomic mass is 35.5. The molecule has 0 radical (unpaired) electrons. The molecule has 1 aliphatic heterocycles. The Hall–Kier alpha value is -1.11. The molecule has 132 valence electrons. The van der Waals surface area contributed by atoms with Crippen LogP contribution < -0.4 is 5.73 Å². The smallest absolute Gasteiger partial charge is 0.239 e. The largest absolute Gasteiger partial charge is 0.385 e. The molecule has 2 heterocycles. The van der Waals surface area contributed by atoms with Crippen LogP contribution in [-0.4, -0.2) is 44.6 Å². The zero-order valence-corrected chi connectivity index (χ0v) is 15.0. The summed E-state index contributed by atoms with van der Waals surface area (Å²) in [5.74, 6) is 1.08. The van der Waals surface area contributed by atoms with E-state index in [1.807, 2.05) is 36.6 Å². The summed E-state index contributed by atoms with van der Waals surface area (Å²) >= 11 is 0. The summed E-state index contributed by atoms with van der Waals surface area (Å²) in [6.45, 7) is 5.39. The van der Waals surface area contributed by atoms with Gasteiger partial charge in [-0.15, -0.1) is 12.4 Å². The summed E-state index contributed by atoms with van der Waals surface area (Å²) in [5.41, 5.74) is 6.04. The molecule has 0 bridgehead atoms. The Kier molecular flexibility index (Phi) is 7.51. The molecule has 3 unspecified atom stereocenters. The molecule has 1 aliphatic rings. The van der Waals surface area contributed by atoms with Crippen LogP contribution in [-0.2, 0) is 11.8 Å². The molecule has 0 spiro atoms. The van der Waals surface area contributed by atoms with Gasteiger partial charge in [-0.05, 0) is 24.7 Å². The average molecular weight is 345 g/mol. The number of nitrogens with two attached hydrogens (primary N) is 1. The number of likely N-dealkylation sites (tertiary alicyclic amines) is 1. The summed E-state index contributed by atoms with van der Waals surface area (Å²) in [6, 6.07) is -0.416. The first kappa shape index (κ1) is 19.9. The number of hydrogen-bond donors (Lipinski definition) is 2. The third-order valence-electron chi connectivity index (χ3n) is 4.96. The second-order valence-corrected chi connectivity index (χ2v) is 6.42. The van der Waals surface area contributed by atoms with Crippen LogP contribution in [0.25, 0.3) is 0 Å². The Morgan fingerprint density at radius 1 is 1.48 bits per heavy atom. The van der Waals surface area contributed by atoms with E-state index < -0.39 is 12.1 Å². The van der Waals surface area contributed by atoms with E-state index in [2.05, 4.69) is 4.98 Å². The van der Waals surface area contributed by atoms with Crippen molar-refractivity contribution in [2.24, 2.45) is 24.6 Å². The number of aliphatic hydroxyl groups is 1. The van der Waals surface area contributed by atoms with Gasteiger partial charge in [0, 0.05) is 32.5 Å². The Labute approximate surface area is 144 Å². The lowest BCUT2D eigenvalue weighted by Gasteiger charge is -2.36.